The van der Waals surface area contributed by atoms with Crippen molar-refractivity contribution in [2.75, 3.05) is 4.90 Å². The zero-order valence-electron chi connectivity index (χ0n) is 11.8. The van der Waals surface area contributed by atoms with E-state index in [1.807, 2.05) is 28.7 Å². The van der Waals surface area contributed by atoms with Crippen LogP contribution >= 0.6 is 68.5 Å². The molecule has 2 aromatic carbocycles. The van der Waals surface area contributed by atoms with Gasteiger partial charge in [-0.3, -0.25) is 9.59 Å². The van der Waals surface area contributed by atoms with E-state index < -0.39 is 5.91 Å². The van der Waals surface area contributed by atoms with Crippen LogP contribution in [0, 0.1) is 7.14 Å². The average Bonchev–Trinajstić information content (AvgIpc) is 2.80. The Morgan fingerprint density at radius 2 is 1.79 bits per heavy atom. The van der Waals surface area contributed by atoms with Gasteiger partial charge in [0, 0.05) is 14.2 Å². The molecule has 24 heavy (non-hydrogen) atoms. The number of nitrogens with zero attached hydrogens (tertiary/aromatic N) is 1. The second kappa shape index (κ2) is 7.22. The summed E-state index contributed by atoms with van der Waals surface area (Å²) in [4.78, 5) is 26.2. The Morgan fingerprint density at radius 3 is 2.46 bits per heavy atom. The Labute approximate surface area is 174 Å². The van der Waals surface area contributed by atoms with E-state index in [1.165, 1.54) is 0 Å². The normalized spacial score (nSPS) is 16.3. The van der Waals surface area contributed by atoms with E-state index in [9.17, 15) is 14.7 Å². The molecule has 3 rings (SSSR count). The van der Waals surface area contributed by atoms with Crippen molar-refractivity contribution in [3.63, 3.8) is 0 Å². The van der Waals surface area contributed by atoms with Crippen LogP contribution in [0.1, 0.15) is 5.56 Å². The van der Waals surface area contributed by atoms with Gasteiger partial charge in [0.2, 0.25) is 0 Å². The van der Waals surface area contributed by atoms with Gasteiger partial charge in [-0.25, -0.2) is 4.90 Å². The first-order chi connectivity index (χ1) is 11.4. The third-order valence-electron chi connectivity index (χ3n) is 3.22. The minimum Gasteiger partial charge on any atom is -0.506 e. The molecule has 1 fully saturated rings. The molecule has 1 N–H and O–H groups in total. The van der Waals surface area contributed by atoms with Crippen LogP contribution in [0.4, 0.5) is 10.5 Å². The van der Waals surface area contributed by atoms with E-state index in [1.54, 1.807) is 36.4 Å². The Morgan fingerprint density at radius 1 is 1.12 bits per heavy atom. The summed E-state index contributed by atoms with van der Waals surface area (Å²) in [6.07, 6.45) is 1.54. The molecule has 0 bridgehead atoms. The lowest BCUT2D eigenvalue weighted by atomic mass is 10.2. The van der Waals surface area contributed by atoms with Gasteiger partial charge in [-0.15, -0.1) is 0 Å². The molecule has 0 saturated carbocycles. The lowest BCUT2D eigenvalue weighted by Gasteiger charge is -2.12. The number of phenolic OH excluding ortho intramolecular Hbond substituents is 1. The summed E-state index contributed by atoms with van der Waals surface area (Å²) in [6.45, 7) is 0. The first-order valence-corrected chi connectivity index (χ1v) is 9.93. The van der Waals surface area contributed by atoms with Crippen molar-refractivity contribution in [2.24, 2.45) is 0 Å². The molecule has 1 heterocycles. The van der Waals surface area contributed by atoms with Crippen molar-refractivity contribution in [1.29, 1.82) is 0 Å². The fourth-order valence-electron chi connectivity index (χ4n) is 2.12. The van der Waals surface area contributed by atoms with E-state index in [0.29, 0.717) is 19.8 Å². The summed E-state index contributed by atoms with van der Waals surface area (Å²) in [5, 5.41) is 10.3. The lowest BCUT2D eigenvalue weighted by Crippen LogP contribution is -2.27. The summed E-state index contributed by atoms with van der Waals surface area (Å²) in [5.74, 6) is -0.324. The topological polar surface area (TPSA) is 57.6 Å². The molecule has 2 amide bonds. The van der Waals surface area contributed by atoms with Crippen LogP contribution in [0.25, 0.3) is 6.08 Å². The van der Waals surface area contributed by atoms with Crippen molar-refractivity contribution >= 4 is 91.5 Å². The van der Waals surface area contributed by atoms with Crippen molar-refractivity contribution in [3.8, 4) is 5.75 Å². The van der Waals surface area contributed by atoms with Gasteiger partial charge in [-0.1, -0.05) is 11.6 Å². The number of carbonyl (C=O) groups excluding carboxylic acids is 2. The number of anilines is 1. The number of imide groups is 1. The molecule has 0 atom stereocenters. The fourth-order valence-corrected chi connectivity index (χ4v) is 4.97. The molecular formula is C16H8ClI2NO3S. The number of hydrogen-bond donors (Lipinski definition) is 1. The molecule has 0 spiro atoms. The second-order valence-electron chi connectivity index (χ2n) is 4.82. The second-order valence-corrected chi connectivity index (χ2v) is 8.66. The number of halogens is 3. The summed E-state index contributed by atoms with van der Waals surface area (Å²) >= 11 is 10.8. The van der Waals surface area contributed by atoms with Crippen LogP contribution in [0.2, 0.25) is 5.02 Å². The van der Waals surface area contributed by atoms with Crippen LogP contribution in [-0.4, -0.2) is 16.3 Å². The Balaban J connectivity index is 1.98. The minimum absolute atomic E-state index is 0.0920. The number of amides is 2. The molecule has 0 radical (unpaired) electrons. The highest BCUT2D eigenvalue weighted by molar-refractivity contribution is 14.1. The van der Waals surface area contributed by atoms with Gasteiger partial charge in [-0.2, -0.15) is 0 Å². The molecule has 2 aromatic rings. The first-order valence-electron chi connectivity index (χ1n) is 6.58. The smallest absolute Gasteiger partial charge is 0.298 e. The highest BCUT2D eigenvalue weighted by Gasteiger charge is 2.36. The van der Waals surface area contributed by atoms with E-state index in [2.05, 4.69) is 22.6 Å². The van der Waals surface area contributed by atoms with Crippen molar-refractivity contribution < 1.29 is 14.7 Å². The molecule has 122 valence electrons. The molecule has 1 aliphatic heterocycles. The Hall–Kier alpha value is -0.780. The SMILES string of the molecule is O=C1S/C(=C/c2cc(I)cc(I)c2O)C(=O)N1c1ccc(Cl)cc1. The molecule has 1 saturated heterocycles. The van der Waals surface area contributed by atoms with Crippen LogP contribution in [0.15, 0.2) is 41.3 Å². The predicted octanol–water partition coefficient (Wildman–Crippen LogP) is 5.50. The number of aromatic hydroxyl groups is 1. The van der Waals surface area contributed by atoms with E-state index in [-0.39, 0.29) is 15.9 Å². The highest BCUT2D eigenvalue weighted by Crippen LogP contribution is 2.38. The molecular weight excluding hydrogens is 576 g/mol. The number of phenols is 1. The number of hydrogen-bond acceptors (Lipinski definition) is 4. The number of rotatable bonds is 2. The lowest BCUT2D eigenvalue weighted by molar-refractivity contribution is -0.113. The zero-order valence-corrected chi connectivity index (χ0v) is 17.7. The van der Waals surface area contributed by atoms with Crippen molar-refractivity contribution in [2.45, 2.75) is 0 Å². The quantitative estimate of drug-likeness (QED) is 0.375. The summed E-state index contributed by atoms with van der Waals surface area (Å²) in [6, 6.07) is 10.1. The summed E-state index contributed by atoms with van der Waals surface area (Å²) < 4.78 is 1.61. The summed E-state index contributed by atoms with van der Waals surface area (Å²) in [5.41, 5.74) is 0.972. The van der Waals surface area contributed by atoms with E-state index in [0.717, 1.165) is 20.2 Å². The molecule has 4 nitrogen and oxygen atoms in total. The maximum Gasteiger partial charge on any atom is 0.298 e. The maximum absolute atomic E-state index is 12.6. The molecule has 0 unspecified atom stereocenters. The average molecular weight is 584 g/mol. The number of benzene rings is 2. The van der Waals surface area contributed by atoms with Gasteiger partial charge in [-0.05, 0) is 99.4 Å². The standard InChI is InChI=1S/C16H8ClI2NO3S/c17-9-1-3-11(4-2-9)20-15(22)13(24-16(20)23)6-8-5-10(18)7-12(19)14(8)21/h1-7,21H/b13-6+. The third-order valence-corrected chi connectivity index (χ3v) is 5.79. The van der Waals surface area contributed by atoms with Crippen LogP contribution in [-0.2, 0) is 4.79 Å². The Bertz CT molecular complexity index is 884. The zero-order chi connectivity index (χ0) is 17.4. The monoisotopic (exact) mass is 583 g/mol. The number of thioether (sulfide) groups is 1. The molecule has 8 heteroatoms. The van der Waals surface area contributed by atoms with Crippen molar-refractivity contribution in [1.82, 2.24) is 0 Å². The van der Waals surface area contributed by atoms with Crippen LogP contribution in [0.5, 0.6) is 5.75 Å². The number of carbonyl (C=O) groups is 2. The van der Waals surface area contributed by atoms with Crippen LogP contribution in [0.3, 0.4) is 0 Å². The van der Waals surface area contributed by atoms with Gasteiger partial charge < -0.3 is 5.11 Å². The van der Waals surface area contributed by atoms with Gasteiger partial charge >= 0.3 is 0 Å². The fraction of sp³-hybridized carbons (Fsp3) is 0. The molecule has 0 aromatic heterocycles. The maximum atomic E-state index is 12.6. The van der Waals surface area contributed by atoms with Gasteiger partial charge in [0.15, 0.2) is 0 Å². The predicted molar refractivity (Wildman–Crippen MR) is 113 cm³/mol. The largest absolute Gasteiger partial charge is 0.506 e. The molecule has 1 aliphatic rings. The highest BCUT2D eigenvalue weighted by atomic mass is 127. The van der Waals surface area contributed by atoms with E-state index >= 15 is 0 Å². The van der Waals surface area contributed by atoms with E-state index in [4.69, 9.17) is 11.6 Å². The first kappa shape index (κ1) is 18.0. The Kier molecular flexibility index (Phi) is 5.42. The summed E-state index contributed by atoms with van der Waals surface area (Å²) in [7, 11) is 0. The van der Waals surface area contributed by atoms with Crippen LogP contribution < -0.4 is 4.90 Å². The third kappa shape index (κ3) is 3.58. The van der Waals surface area contributed by atoms with Gasteiger partial charge in [0.05, 0.1) is 14.2 Å². The minimum atomic E-state index is -0.416. The molecule has 0 aliphatic carbocycles. The van der Waals surface area contributed by atoms with Crippen molar-refractivity contribution in [3.05, 3.63) is 59.0 Å². The van der Waals surface area contributed by atoms with Gasteiger partial charge in [0.1, 0.15) is 5.75 Å². The van der Waals surface area contributed by atoms with Gasteiger partial charge in [0.25, 0.3) is 11.1 Å².